The van der Waals surface area contributed by atoms with Gasteiger partial charge in [-0.25, -0.2) is 9.79 Å². The van der Waals surface area contributed by atoms with E-state index in [9.17, 15) is 19.7 Å². The molecule has 0 spiro atoms. The summed E-state index contributed by atoms with van der Waals surface area (Å²) in [5.74, 6) is -0.716. The van der Waals surface area contributed by atoms with Gasteiger partial charge in [-0.2, -0.15) is 0 Å². The van der Waals surface area contributed by atoms with E-state index in [4.69, 9.17) is 4.74 Å². The number of rotatable bonds is 8. The molecule has 2 aliphatic rings. The van der Waals surface area contributed by atoms with Crippen LogP contribution in [0.3, 0.4) is 0 Å². The van der Waals surface area contributed by atoms with Gasteiger partial charge in [-0.3, -0.25) is 19.9 Å². The van der Waals surface area contributed by atoms with Crippen molar-refractivity contribution >= 4 is 34.5 Å². The molecule has 2 aromatic rings. The number of nitro groups is 1. The van der Waals surface area contributed by atoms with Crippen molar-refractivity contribution in [2.45, 2.75) is 45.9 Å². The minimum atomic E-state index is -0.654. The zero-order chi connectivity index (χ0) is 25.8. The number of pyridine rings is 1. The molecule has 1 aromatic heterocycles. The average molecular weight is 508 g/mol. The Bertz CT molecular complexity index is 1270. The van der Waals surface area contributed by atoms with Gasteiger partial charge in [-0.1, -0.05) is 11.8 Å². The Labute approximate surface area is 212 Å². The molecule has 10 nitrogen and oxygen atoms in total. The number of allylic oxidation sites excluding steroid dienone is 1. The Hall–Kier alpha value is -3.99. The highest BCUT2D eigenvalue weighted by Crippen LogP contribution is 2.45. The molecule has 0 saturated heterocycles. The van der Waals surface area contributed by atoms with Gasteiger partial charge in [-0.05, 0) is 61.6 Å². The highest BCUT2D eigenvalue weighted by molar-refractivity contribution is 8.16. The van der Waals surface area contributed by atoms with Gasteiger partial charge < -0.3 is 15.0 Å². The second kappa shape index (κ2) is 10.7. The number of amides is 1. The third-order valence-electron chi connectivity index (χ3n) is 5.56. The van der Waals surface area contributed by atoms with E-state index in [0.717, 1.165) is 5.56 Å². The van der Waals surface area contributed by atoms with Crippen LogP contribution in [0.5, 0.6) is 0 Å². The third-order valence-corrected chi connectivity index (χ3v) is 6.45. The summed E-state index contributed by atoms with van der Waals surface area (Å²) in [6, 6.07) is 9.03. The van der Waals surface area contributed by atoms with Crippen LogP contribution in [-0.2, 0) is 20.9 Å². The monoisotopic (exact) mass is 507 g/mol. The molecule has 3 heterocycles. The van der Waals surface area contributed by atoms with Crippen molar-refractivity contribution in [1.29, 1.82) is 0 Å². The van der Waals surface area contributed by atoms with E-state index in [0.29, 0.717) is 34.2 Å². The molecule has 1 amide bonds. The maximum atomic E-state index is 13.2. The van der Waals surface area contributed by atoms with Gasteiger partial charge in [0.15, 0.2) is 5.17 Å². The number of esters is 1. The van der Waals surface area contributed by atoms with Crippen molar-refractivity contribution in [3.8, 4) is 0 Å². The highest BCUT2D eigenvalue weighted by Gasteiger charge is 2.41. The minimum absolute atomic E-state index is 0.0579. The highest BCUT2D eigenvalue weighted by atomic mass is 32.2. The summed E-state index contributed by atoms with van der Waals surface area (Å²) in [5.41, 5.74) is 3.00. The maximum Gasteiger partial charge on any atom is 0.338 e. The molecule has 0 bridgehead atoms. The second-order valence-corrected chi connectivity index (χ2v) is 9.34. The third kappa shape index (κ3) is 5.46. The number of aliphatic imine (C=N–C) groups is 1. The van der Waals surface area contributed by atoms with E-state index in [-0.39, 0.29) is 24.1 Å². The fourth-order valence-electron chi connectivity index (χ4n) is 3.93. The number of nitro benzene ring substituents is 1. The zero-order valence-electron chi connectivity index (χ0n) is 20.0. The number of ether oxygens (including phenoxy) is 1. The van der Waals surface area contributed by atoms with Crippen molar-refractivity contribution in [3.63, 3.8) is 0 Å². The van der Waals surface area contributed by atoms with E-state index in [1.54, 1.807) is 45.3 Å². The van der Waals surface area contributed by atoms with E-state index in [2.05, 4.69) is 15.3 Å². The number of nitrogens with zero attached hydrogens (tertiary/aromatic N) is 4. The van der Waals surface area contributed by atoms with E-state index in [1.807, 2.05) is 22.4 Å². The lowest BCUT2D eigenvalue weighted by molar-refractivity contribution is -0.384. The number of nitrogens with one attached hydrogen (secondary N) is 1. The van der Waals surface area contributed by atoms with Gasteiger partial charge in [0.05, 0.1) is 34.8 Å². The van der Waals surface area contributed by atoms with Gasteiger partial charge in [0.2, 0.25) is 5.91 Å². The van der Waals surface area contributed by atoms with Gasteiger partial charge >= 0.3 is 5.97 Å². The van der Waals surface area contributed by atoms with Crippen LogP contribution in [0.25, 0.3) is 0 Å². The fourth-order valence-corrected chi connectivity index (χ4v) is 4.89. The second-order valence-electron chi connectivity index (χ2n) is 8.50. The largest absolute Gasteiger partial charge is 0.459 e. The number of fused-ring (bicyclic) bond motifs is 1. The summed E-state index contributed by atoms with van der Waals surface area (Å²) in [5, 5.41) is 16.5. The molecular formula is C25H25N5O5S. The van der Waals surface area contributed by atoms with E-state index >= 15 is 0 Å². The zero-order valence-corrected chi connectivity index (χ0v) is 20.8. The molecule has 186 valence electrons. The summed E-state index contributed by atoms with van der Waals surface area (Å²) in [7, 11) is 0. The number of non-ortho nitro benzene ring substituents is 1. The van der Waals surface area contributed by atoms with E-state index in [1.165, 1.54) is 23.9 Å². The van der Waals surface area contributed by atoms with Crippen molar-refractivity contribution in [2.24, 2.45) is 4.99 Å². The molecule has 4 rings (SSSR count). The molecule has 0 radical (unpaired) electrons. The predicted molar refractivity (Wildman–Crippen MR) is 135 cm³/mol. The van der Waals surface area contributed by atoms with Crippen LogP contribution < -0.4 is 5.32 Å². The molecule has 0 fully saturated rings. The SMILES string of the molecule is CC1=C(C(=O)OC(C)C)[C@@H](c2ccc([N+](=O)[O-])cc2)N2C(CC(=O)NCc3ccncc3)=CSC2=N1. The Morgan fingerprint density at radius 3 is 2.53 bits per heavy atom. The molecule has 2 aliphatic heterocycles. The summed E-state index contributed by atoms with van der Waals surface area (Å²) in [4.78, 5) is 47.1. The van der Waals surface area contributed by atoms with Gasteiger partial charge in [-0.15, -0.1) is 0 Å². The van der Waals surface area contributed by atoms with Crippen molar-refractivity contribution in [3.05, 3.63) is 92.4 Å². The summed E-state index contributed by atoms with van der Waals surface area (Å²) >= 11 is 1.36. The lowest BCUT2D eigenvalue weighted by atomic mass is 9.93. The Kier molecular flexibility index (Phi) is 7.49. The Morgan fingerprint density at radius 1 is 1.19 bits per heavy atom. The first kappa shape index (κ1) is 25.1. The molecule has 0 unspecified atom stereocenters. The predicted octanol–water partition coefficient (Wildman–Crippen LogP) is 4.22. The molecule has 1 aromatic carbocycles. The van der Waals surface area contributed by atoms with Gasteiger partial charge in [0.1, 0.15) is 0 Å². The van der Waals surface area contributed by atoms with Crippen LogP contribution in [0, 0.1) is 10.1 Å². The molecule has 36 heavy (non-hydrogen) atoms. The van der Waals surface area contributed by atoms with E-state index < -0.39 is 16.9 Å². The number of hydrogen-bond donors (Lipinski definition) is 1. The van der Waals surface area contributed by atoms with Gasteiger partial charge in [0.25, 0.3) is 5.69 Å². The molecule has 0 saturated carbocycles. The first-order valence-electron chi connectivity index (χ1n) is 11.3. The normalized spacial score (nSPS) is 16.9. The van der Waals surface area contributed by atoms with Crippen molar-refractivity contribution in [1.82, 2.24) is 15.2 Å². The lowest BCUT2D eigenvalue weighted by Crippen LogP contribution is -2.38. The van der Waals surface area contributed by atoms with Crippen LogP contribution in [0.15, 0.2) is 76.2 Å². The maximum absolute atomic E-state index is 13.2. The van der Waals surface area contributed by atoms with Gasteiger partial charge in [0, 0.05) is 36.8 Å². The van der Waals surface area contributed by atoms with Crippen molar-refractivity contribution < 1.29 is 19.2 Å². The summed E-state index contributed by atoms with van der Waals surface area (Å²) in [6.45, 7) is 5.62. The number of hydrogen-bond acceptors (Lipinski definition) is 9. The minimum Gasteiger partial charge on any atom is -0.459 e. The molecule has 11 heteroatoms. The first-order chi connectivity index (χ1) is 17.2. The van der Waals surface area contributed by atoms with Crippen LogP contribution in [0.4, 0.5) is 5.69 Å². The van der Waals surface area contributed by atoms with Crippen LogP contribution in [0.2, 0.25) is 0 Å². The van der Waals surface area contributed by atoms with Crippen LogP contribution in [-0.4, -0.2) is 38.0 Å². The number of thioether (sulfide) groups is 1. The number of aromatic nitrogens is 1. The molecule has 1 atom stereocenters. The standard InChI is InChI=1S/C25H25N5O5S/c1-15(2)35-24(32)22-16(3)28-25-29(23(22)18-4-6-19(7-5-18)30(33)34)20(14-36-25)12-21(31)27-13-17-8-10-26-11-9-17/h4-11,14-15,23H,12-13H2,1-3H3,(H,27,31)/t23-/m1/s1. The number of amidine groups is 1. The number of benzene rings is 1. The average Bonchev–Trinajstić information content (AvgIpc) is 3.23. The number of carbonyl (C=O) groups is 2. The summed E-state index contributed by atoms with van der Waals surface area (Å²) in [6.07, 6.45) is 3.04. The Morgan fingerprint density at radius 2 is 1.89 bits per heavy atom. The van der Waals surface area contributed by atoms with Crippen LogP contribution in [0.1, 0.15) is 44.4 Å². The smallest absolute Gasteiger partial charge is 0.338 e. The first-order valence-corrected chi connectivity index (χ1v) is 12.2. The number of carbonyl (C=O) groups excluding carboxylic acids is 2. The van der Waals surface area contributed by atoms with Crippen LogP contribution >= 0.6 is 11.8 Å². The quantitative estimate of drug-likeness (QED) is 0.320. The molecule has 0 aliphatic carbocycles. The Balaban J connectivity index is 1.63. The van der Waals surface area contributed by atoms with Crippen molar-refractivity contribution in [2.75, 3.05) is 0 Å². The molecular weight excluding hydrogens is 482 g/mol. The topological polar surface area (TPSA) is 127 Å². The molecule has 1 N–H and O–H groups in total. The summed E-state index contributed by atoms with van der Waals surface area (Å²) < 4.78 is 5.51. The lowest BCUT2D eigenvalue weighted by Gasteiger charge is -2.36. The fraction of sp³-hybridized carbons (Fsp3) is 0.280.